The zero-order chi connectivity index (χ0) is 15.0. The van der Waals surface area contributed by atoms with Gasteiger partial charge in [-0.2, -0.15) is 0 Å². The van der Waals surface area contributed by atoms with Gasteiger partial charge < -0.3 is 4.90 Å². The van der Waals surface area contributed by atoms with E-state index in [9.17, 15) is 9.59 Å². The van der Waals surface area contributed by atoms with E-state index >= 15 is 0 Å². The van der Waals surface area contributed by atoms with Gasteiger partial charge in [0.25, 0.3) is 11.5 Å². The Morgan fingerprint density at radius 2 is 1.95 bits per heavy atom. The maximum absolute atomic E-state index is 12.5. The number of carbonyl (C=O) groups is 1. The third-order valence-electron chi connectivity index (χ3n) is 3.57. The van der Waals surface area contributed by atoms with Gasteiger partial charge in [-0.1, -0.05) is 41.4 Å². The Kier molecular flexibility index (Phi) is 3.78. The van der Waals surface area contributed by atoms with Gasteiger partial charge in [0, 0.05) is 18.7 Å². The van der Waals surface area contributed by atoms with E-state index < -0.39 is 4.84 Å². The highest BCUT2D eigenvalue weighted by molar-refractivity contribution is 6.53. The molecule has 7 heteroatoms. The van der Waals surface area contributed by atoms with Gasteiger partial charge in [0.15, 0.2) is 4.84 Å². The second kappa shape index (κ2) is 5.58. The molecule has 1 aromatic heterocycles. The fraction of sp³-hybridized carbons (Fsp3) is 0.286. The third kappa shape index (κ3) is 2.59. The maximum Gasteiger partial charge on any atom is 0.276 e. The molecule has 0 saturated heterocycles. The molecule has 2 aromatic rings. The van der Waals surface area contributed by atoms with Crippen molar-refractivity contribution in [1.82, 2.24) is 14.7 Å². The first kappa shape index (κ1) is 14.2. The Morgan fingerprint density at radius 1 is 1.24 bits per heavy atom. The number of para-hydroxylation sites is 1. The van der Waals surface area contributed by atoms with Crippen molar-refractivity contribution in [1.29, 1.82) is 0 Å². The van der Waals surface area contributed by atoms with Crippen molar-refractivity contribution in [2.45, 2.75) is 17.8 Å². The Labute approximate surface area is 131 Å². The molecule has 3 rings (SSSR count). The number of alkyl halides is 2. The summed E-state index contributed by atoms with van der Waals surface area (Å²) in [6, 6.07) is 9.31. The average molecular weight is 326 g/mol. The van der Waals surface area contributed by atoms with E-state index in [0.717, 1.165) is 11.4 Å². The minimum Gasteiger partial charge on any atom is -0.335 e. The van der Waals surface area contributed by atoms with E-state index in [1.165, 1.54) is 9.58 Å². The van der Waals surface area contributed by atoms with Gasteiger partial charge in [-0.05, 0) is 12.1 Å². The quantitative estimate of drug-likeness (QED) is 0.857. The fourth-order valence-corrected chi connectivity index (χ4v) is 2.76. The minimum absolute atomic E-state index is 0.144. The zero-order valence-corrected chi connectivity index (χ0v) is 12.6. The number of nitrogens with zero attached hydrogens (tertiary/aromatic N) is 2. The molecule has 0 saturated carbocycles. The van der Waals surface area contributed by atoms with Crippen LogP contribution in [0.5, 0.6) is 0 Å². The van der Waals surface area contributed by atoms with Crippen LogP contribution in [-0.4, -0.2) is 32.0 Å². The summed E-state index contributed by atoms with van der Waals surface area (Å²) in [6.45, 7) is 0.732. The normalized spacial score (nSPS) is 14.3. The van der Waals surface area contributed by atoms with Crippen LogP contribution in [0, 0.1) is 0 Å². The van der Waals surface area contributed by atoms with Crippen molar-refractivity contribution in [3.63, 3.8) is 0 Å². The molecule has 0 unspecified atom stereocenters. The summed E-state index contributed by atoms with van der Waals surface area (Å²) in [7, 11) is 0. The van der Waals surface area contributed by atoms with Crippen molar-refractivity contribution in [3.8, 4) is 5.69 Å². The number of aromatic amines is 1. The topological polar surface area (TPSA) is 58.1 Å². The molecule has 0 spiro atoms. The summed E-state index contributed by atoms with van der Waals surface area (Å²) < 4.78 is 1.50. The molecule has 1 amide bonds. The van der Waals surface area contributed by atoms with Crippen molar-refractivity contribution in [2.75, 3.05) is 6.54 Å². The zero-order valence-electron chi connectivity index (χ0n) is 11.1. The van der Waals surface area contributed by atoms with Crippen LogP contribution in [0.25, 0.3) is 5.69 Å². The molecule has 0 radical (unpaired) electrons. The molecule has 0 aliphatic carbocycles. The SMILES string of the molecule is O=C(C(Cl)Cl)N1CCc2[nH]n(-c3ccccc3)c(=O)c2C1. The van der Waals surface area contributed by atoms with E-state index in [2.05, 4.69) is 5.10 Å². The highest BCUT2D eigenvalue weighted by Gasteiger charge is 2.28. The first-order valence-electron chi connectivity index (χ1n) is 6.53. The molecule has 0 bridgehead atoms. The number of H-pyrrole nitrogens is 1. The monoisotopic (exact) mass is 325 g/mol. The van der Waals surface area contributed by atoms with Crippen LogP contribution >= 0.6 is 23.2 Å². The fourth-order valence-electron chi connectivity index (χ4n) is 2.49. The predicted octanol–water partition coefficient (Wildman–Crippen LogP) is 1.85. The molecular formula is C14H13Cl2N3O2. The van der Waals surface area contributed by atoms with E-state index in [1.807, 2.05) is 30.3 Å². The lowest BCUT2D eigenvalue weighted by molar-refractivity contribution is -0.130. The smallest absolute Gasteiger partial charge is 0.276 e. The first-order chi connectivity index (χ1) is 10.1. The summed E-state index contributed by atoms with van der Waals surface area (Å²) in [6.07, 6.45) is 0.580. The highest BCUT2D eigenvalue weighted by atomic mass is 35.5. The Balaban J connectivity index is 1.96. The summed E-state index contributed by atoms with van der Waals surface area (Å²) >= 11 is 11.2. The number of fused-ring (bicyclic) bond motifs is 1. The second-order valence-electron chi connectivity index (χ2n) is 4.86. The van der Waals surface area contributed by atoms with Crippen molar-refractivity contribution in [3.05, 3.63) is 51.9 Å². The number of hydrogen-bond acceptors (Lipinski definition) is 2. The number of aromatic nitrogens is 2. The molecule has 1 aliphatic heterocycles. The van der Waals surface area contributed by atoms with Crippen molar-refractivity contribution < 1.29 is 4.79 Å². The number of hydrogen-bond donors (Lipinski definition) is 1. The van der Waals surface area contributed by atoms with Crippen LogP contribution in [0.3, 0.4) is 0 Å². The van der Waals surface area contributed by atoms with Gasteiger partial charge >= 0.3 is 0 Å². The largest absolute Gasteiger partial charge is 0.335 e. The lowest BCUT2D eigenvalue weighted by Gasteiger charge is -2.26. The second-order valence-corrected chi connectivity index (χ2v) is 5.95. The van der Waals surface area contributed by atoms with E-state index in [0.29, 0.717) is 18.5 Å². The number of rotatable bonds is 2. The van der Waals surface area contributed by atoms with Crippen LogP contribution in [-0.2, 0) is 17.8 Å². The third-order valence-corrected chi connectivity index (χ3v) is 3.94. The summed E-state index contributed by atoms with van der Waals surface area (Å²) in [4.78, 5) is 24.7. The van der Waals surface area contributed by atoms with Crippen molar-refractivity contribution >= 4 is 29.1 Å². The summed E-state index contributed by atoms with van der Waals surface area (Å²) in [5.41, 5.74) is 2.07. The molecule has 1 aliphatic rings. The minimum atomic E-state index is -1.10. The van der Waals surface area contributed by atoms with E-state index in [-0.39, 0.29) is 18.0 Å². The van der Waals surface area contributed by atoms with Crippen LogP contribution in [0.4, 0.5) is 0 Å². The Morgan fingerprint density at radius 3 is 2.62 bits per heavy atom. The molecule has 110 valence electrons. The molecule has 1 aromatic carbocycles. The number of benzene rings is 1. The lowest BCUT2D eigenvalue weighted by Crippen LogP contribution is -2.40. The maximum atomic E-state index is 12.5. The highest BCUT2D eigenvalue weighted by Crippen LogP contribution is 2.18. The van der Waals surface area contributed by atoms with Crippen LogP contribution in [0.2, 0.25) is 0 Å². The van der Waals surface area contributed by atoms with E-state index in [4.69, 9.17) is 23.2 Å². The molecule has 1 N–H and O–H groups in total. The van der Waals surface area contributed by atoms with Gasteiger partial charge in [-0.25, -0.2) is 4.68 Å². The Bertz CT molecular complexity index is 722. The van der Waals surface area contributed by atoms with E-state index in [1.54, 1.807) is 0 Å². The predicted molar refractivity (Wildman–Crippen MR) is 81.0 cm³/mol. The average Bonchev–Trinajstić information content (AvgIpc) is 2.84. The number of halogens is 2. The van der Waals surface area contributed by atoms with Crippen LogP contribution in [0.15, 0.2) is 35.1 Å². The number of carbonyl (C=O) groups excluding carboxylic acids is 1. The molecule has 0 fully saturated rings. The molecule has 2 heterocycles. The van der Waals surface area contributed by atoms with Gasteiger partial charge in [0.05, 0.1) is 17.8 Å². The van der Waals surface area contributed by atoms with Crippen molar-refractivity contribution in [2.24, 2.45) is 0 Å². The molecule has 21 heavy (non-hydrogen) atoms. The molecule has 0 atom stereocenters. The van der Waals surface area contributed by atoms with Gasteiger partial charge in [0.1, 0.15) is 0 Å². The van der Waals surface area contributed by atoms with Gasteiger partial charge in [0.2, 0.25) is 0 Å². The lowest BCUT2D eigenvalue weighted by atomic mass is 10.1. The molecule has 5 nitrogen and oxygen atoms in total. The number of amides is 1. The van der Waals surface area contributed by atoms with Gasteiger partial charge in [-0.3, -0.25) is 14.7 Å². The standard InChI is InChI=1S/C14H13Cl2N3O2/c15-12(16)14(21)18-7-6-11-10(8-18)13(20)19(17-11)9-4-2-1-3-5-9/h1-5,12,17H,6-8H2. The summed E-state index contributed by atoms with van der Waals surface area (Å²) in [5, 5.41) is 3.11. The van der Waals surface area contributed by atoms with Crippen LogP contribution < -0.4 is 5.56 Å². The first-order valence-corrected chi connectivity index (χ1v) is 7.40. The number of nitrogens with one attached hydrogen (secondary N) is 1. The Hall–Kier alpha value is -1.72. The molecular weight excluding hydrogens is 313 g/mol. The van der Waals surface area contributed by atoms with Gasteiger partial charge in [-0.15, -0.1) is 0 Å². The summed E-state index contributed by atoms with van der Waals surface area (Å²) in [5.74, 6) is -0.365. The van der Waals surface area contributed by atoms with Crippen LogP contribution in [0.1, 0.15) is 11.3 Å².